The summed E-state index contributed by atoms with van der Waals surface area (Å²) in [6, 6.07) is 11.0. The summed E-state index contributed by atoms with van der Waals surface area (Å²) in [6.45, 7) is 0. The van der Waals surface area contributed by atoms with Crippen molar-refractivity contribution in [3.8, 4) is 0 Å². The molecule has 128 valence electrons. The molecule has 0 atom stereocenters. The summed E-state index contributed by atoms with van der Waals surface area (Å²) in [5, 5.41) is 2.73. The predicted octanol–water partition coefficient (Wildman–Crippen LogP) is 3.65. The normalized spacial score (nSPS) is 11.5. The number of hydrogen-bond acceptors (Lipinski definition) is 4. The highest BCUT2D eigenvalue weighted by Crippen LogP contribution is 2.27. The summed E-state index contributed by atoms with van der Waals surface area (Å²) in [5.41, 5.74) is 0.792. The van der Waals surface area contributed by atoms with Gasteiger partial charge in [-0.25, -0.2) is 8.42 Å². The first-order valence-electron chi connectivity index (χ1n) is 6.65. The largest absolute Gasteiger partial charge is 0.321 e. The van der Waals surface area contributed by atoms with Gasteiger partial charge in [-0.1, -0.05) is 26.5 Å². The fraction of sp³-hybridized carbons (Fsp3) is 0.133. The number of anilines is 1. The maximum atomic E-state index is 12.4. The molecule has 0 radical (unpaired) electrons. The van der Waals surface area contributed by atoms with E-state index in [9.17, 15) is 13.2 Å². The van der Waals surface area contributed by atoms with Gasteiger partial charge in [-0.05, 0) is 52.3 Å². The molecule has 2 rings (SSSR count). The lowest BCUT2D eigenvalue weighted by atomic mass is 10.2. The maximum absolute atomic E-state index is 12.4. The van der Waals surface area contributed by atoms with Crippen LogP contribution < -0.4 is 5.32 Å². The molecule has 9 heteroatoms. The average Bonchev–Trinajstić information content (AvgIpc) is 2.56. The van der Waals surface area contributed by atoms with Crippen LogP contribution in [-0.4, -0.2) is 33.0 Å². The molecule has 0 saturated carbocycles. The summed E-state index contributed by atoms with van der Waals surface area (Å²) in [7, 11) is -1.29. The minimum atomic E-state index is -3.82. The number of nitrogens with one attached hydrogen (secondary N) is 1. The van der Waals surface area contributed by atoms with Crippen molar-refractivity contribution in [2.24, 2.45) is 0 Å². The summed E-state index contributed by atoms with van der Waals surface area (Å²) in [4.78, 5) is 17.1. The molecule has 1 amide bonds. The first-order chi connectivity index (χ1) is 11.3. The number of carbonyl (C=O) groups excluding carboxylic acids is 1. The number of halogens is 2. The first-order valence-corrected chi connectivity index (χ1v) is 9.68. The Labute approximate surface area is 157 Å². The molecule has 0 aromatic heterocycles. The lowest BCUT2D eigenvalue weighted by Crippen LogP contribution is -2.26. The number of sulfonamides is 1. The van der Waals surface area contributed by atoms with Crippen LogP contribution in [0.25, 0.3) is 0 Å². The van der Waals surface area contributed by atoms with Crippen LogP contribution in [0.15, 0.2) is 56.3 Å². The molecule has 0 fully saturated rings. The summed E-state index contributed by atoms with van der Waals surface area (Å²) in [6.07, 6.45) is 0. The van der Waals surface area contributed by atoms with E-state index in [2.05, 4.69) is 37.2 Å². The molecule has 0 aliphatic rings. The molecular weight excluding hydrogens is 464 g/mol. The van der Waals surface area contributed by atoms with Crippen LogP contribution >= 0.6 is 31.9 Å². The Morgan fingerprint density at radius 1 is 1.17 bits per heavy atom. The maximum Gasteiger partial charge on any atom is 0.264 e. The van der Waals surface area contributed by atoms with E-state index in [4.69, 9.17) is 4.84 Å². The third-order valence-electron chi connectivity index (χ3n) is 3.17. The molecule has 2 aromatic rings. The number of benzene rings is 2. The zero-order valence-corrected chi connectivity index (χ0v) is 16.8. The molecule has 24 heavy (non-hydrogen) atoms. The summed E-state index contributed by atoms with van der Waals surface area (Å²) in [5.74, 6) is -0.421. The van der Waals surface area contributed by atoms with Crippen LogP contribution in [-0.2, 0) is 14.9 Å². The minimum absolute atomic E-state index is 0.0330. The Bertz CT molecular complexity index is 872. The Kier molecular flexibility index (Phi) is 6.16. The number of amides is 1. The molecule has 0 unspecified atom stereocenters. The highest BCUT2D eigenvalue weighted by molar-refractivity contribution is 9.11. The molecule has 6 nitrogen and oxygen atoms in total. The van der Waals surface area contributed by atoms with Gasteiger partial charge in [-0.3, -0.25) is 9.63 Å². The van der Waals surface area contributed by atoms with E-state index in [-0.39, 0.29) is 10.5 Å². The number of nitrogens with zero attached hydrogens (tertiary/aromatic N) is 1. The van der Waals surface area contributed by atoms with Gasteiger partial charge < -0.3 is 5.32 Å². The van der Waals surface area contributed by atoms with Crippen molar-refractivity contribution in [3.63, 3.8) is 0 Å². The van der Waals surface area contributed by atoms with Gasteiger partial charge in [0.25, 0.3) is 15.9 Å². The van der Waals surface area contributed by atoms with Crippen LogP contribution in [0.4, 0.5) is 5.69 Å². The quantitative estimate of drug-likeness (QED) is 0.667. The molecule has 0 aliphatic carbocycles. The lowest BCUT2D eigenvalue weighted by molar-refractivity contribution is -0.0258. The SMILES string of the molecule is CON(C)S(=O)(=O)c1cccc(C(=O)Nc2ccc(Br)cc2Br)c1. The van der Waals surface area contributed by atoms with Crippen LogP contribution in [0.1, 0.15) is 10.4 Å². The highest BCUT2D eigenvalue weighted by Gasteiger charge is 2.22. The van der Waals surface area contributed by atoms with Gasteiger partial charge in [0.1, 0.15) is 0 Å². The molecule has 1 N–H and O–H groups in total. The van der Waals surface area contributed by atoms with Crippen molar-refractivity contribution in [1.82, 2.24) is 4.47 Å². The molecule has 0 bridgehead atoms. The van der Waals surface area contributed by atoms with E-state index in [1.807, 2.05) is 0 Å². The van der Waals surface area contributed by atoms with E-state index in [0.717, 1.165) is 8.94 Å². The highest BCUT2D eigenvalue weighted by atomic mass is 79.9. The average molecular weight is 478 g/mol. The van der Waals surface area contributed by atoms with E-state index in [1.165, 1.54) is 38.4 Å². The number of hydroxylamine groups is 1. The van der Waals surface area contributed by atoms with Gasteiger partial charge in [0.05, 0.1) is 17.7 Å². The van der Waals surface area contributed by atoms with Crippen molar-refractivity contribution in [2.75, 3.05) is 19.5 Å². The fourth-order valence-electron chi connectivity index (χ4n) is 1.83. The van der Waals surface area contributed by atoms with Gasteiger partial charge in [-0.15, -0.1) is 0 Å². The van der Waals surface area contributed by atoms with Gasteiger partial charge in [0.2, 0.25) is 0 Å². The summed E-state index contributed by atoms with van der Waals surface area (Å²) < 4.78 is 26.8. The second kappa shape index (κ2) is 7.75. The van der Waals surface area contributed by atoms with Crippen molar-refractivity contribution < 1.29 is 18.0 Å². The number of hydrogen-bond donors (Lipinski definition) is 1. The van der Waals surface area contributed by atoms with Crippen LogP contribution in [0.3, 0.4) is 0 Å². The predicted molar refractivity (Wildman–Crippen MR) is 98.2 cm³/mol. The van der Waals surface area contributed by atoms with Crippen molar-refractivity contribution in [3.05, 3.63) is 57.0 Å². The topological polar surface area (TPSA) is 75.7 Å². The van der Waals surface area contributed by atoms with Gasteiger partial charge >= 0.3 is 0 Å². The Hall–Kier alpha value is -1.26. The fourth-order valence-corrected chi connectivity index (χ4v) is 4.00. The molecule has 2 aromatic carbocycles. The third-order valence-corrected chi connectivity index (χ3v) is 5.99. The second-order valence-electron chi connectivity index (χ2n) is 4.70. The zero-order chi connectivity index (χ0) is 17.9. The van der Waals surface area contributed by atoms with Crippen molar-refractivity contribution in [1.29, 1.82) is 0 Å². The molecule has 0 spiro atoms. The first kappa shape index (κ1) is 19.1. The van der Waals surface area contributed by atoms with Crippen molar-refractivity contribution >= 4 is 53.5 Å². The van der Waals surface area contributed by atoms with Crippen LogP contribution in [0.2, 0.25) is 0 Å². The van der Waals surface area contributed by atoms with E-state index < -0.39 is 15.9 Å². The third kappa shape index (κ3) is 4.22. The van der Waals surface area contributed by atoms with Crippen LogP contribution in [0, 0.1) is 0 Å². The second-order valence-corrected chi connectivity index (χ2v) is 8.41. The Morgan fingerprint density at radius 3 is 2.50 bits per heavy atom. The van der Waals surface area contributed by atoms with Crippen LogP contribution in [0.5, 0.6) is 0 Å². The number of rotatable bonds is 5. The van der Waals surface area contributed by atoms with E-state index >= 15 is 0 Å². The van der Waals surface area contributed by atoms with Gasteiger partial charge in [0, 0.05) is 21.6 Å². The number of carbonyl (C=O) groups is 1. The zero-order valence-electron chi connectivity index (χ0n) is 12.8. The van der Waals surface area contributed by atoms with Gasteiger partial charge in [-0.2, -0.15) is 0 Å². The standard InChI is InChI=1S/C15H14Br2N2O4S/c1-19(23-2)24(21,22)12-5-3-4-10(8-12)15(20)18-14-7-6-11(16)9-13(14)17/h3-9H,1-2H3,(H,18,20). The monoisotopic (exact) mass is 476 g/mol. The Balaban J connectivity index is 2.30. The Morgan fingerprint density at radius 2 is 1.88 bits per heavy atom. The molecular formula is C15H14Br2N2O4S. The molecule has 0 aliphatic heterocycles. The molecule has 0 saturated heterocycles. The summed E-state index contributed by atoms with van der Waals surface area (Å²) >= 11 is 6.69. The minimum Gasteiger partial charge on any atom is -0.321 e. The van der Waals surface area contributed by atoms with E-state index in [0.29, 0.717) is 10.2 Å². The van der Waals surface area contributed by atoms with E-state index in [1.54, 1.807) is 18.2 Å². The smallest absolute Gasteiger partial charge is 0.264 e. The van der Waals surface area contributed by atoms with Gasteiger partial charge in [0.15, 0.2) is 0 Å². The lowest BCUT2D eigenvalue weighted by Gasteiger charge is -2.14. The molecule has 0 heterocycles. The van der Waals surface area contributed by atoms with Crippen molar-refractivity contribution in [2.45, 2.75) is 4.90 Å².